The molecule has 1 heterocycles. The predicted molar refractivity (Wildman–Crippen MR) is 107 cm³/mol. The Bertz CT molecular complexity index is 1090. The topological polar surface area (TPSA) is 38.9 Å². The van der Waals surface area contributed by atoms with Gasteiger partial charge in [-0.15, -0.1) is 0 Å². The molecular formula is C21H14Cl2N2. The number of fused-ring (bicyclic) bond motifs is 1. The van der Waals surface area contributed by atoms with Crippen LogP contribution >= 0.6 is 23.2 Å². The van der Waals surface area contributed by atoms with Crippen LogP contribution in [0.1, 0.15) is 0 Å². The van der Waals surface area contributed by atoms with E-state index in [1.54, 1.807) is 0 Å². The first-order chi connectivity index (χ1) is 12.1. The fourth-order valence-corrected chi connectivity index (χ4v) is 3.36. The molecule has 4 aromatic rings. The summed E-state index contributed by atoms with van der Waals surface area (Å²) >= 11 is 12.7. The Morgan fingerprint density at radius 3 is 2.40 bits per heavy atom. The molecule has 0 aliphatic heterocycles. The van der Waals surface area contributed by atoms with Gasteiger partial charge in [0.2, 0.25) is 0 Å². The molecular weight excluding hydrogens is 351 g/mol. The van der Waals surface area contributed by atoms with Gasteiger partial charge in [0, 0.05) is 32.2 Å². The van der Waals surface area contributed by atoms with Gasteiger partial charge in [-0.2, -0.15) is 0 Å². The minimum Gasteiger partial charge on any atom is -0.399 e. The molecule has 0 spiro atoms. The van der Waals surface area contributed by atoms with Crippen molar-refractivity contribution in [3.8, 4) is 22.4 Å². The maximum absolute atomic E-state index is 6.45. The Morgan fingerprint density at radius 1 is 0.760 bits per heavy atom. The monoisotopic (exact) mass is 364 g/mol. The molecule has 0 aliphatic rings. The van der Waals surface area contributed by atoms with Crippen molar-refractivity contribution in [2.75, 3.05) is 5.73 Å². The van der Waals surface area contributed by atoms with E-state index in [0.29, 0.717) is 15.7 Å². The first-order valence-electron chi connectivity index (χ1n) is 7.83. The highest BCUT2D eigenvalue weighted by atomic mass is 35.5. The number of aromatic nitrogens is 1. The van der Waals surface area contributed by atoms with E-state index in [2.05, 4.69) is 0 Å². The molecule has 0 saturated heterocycles. The van der Waals surface area contributed by atoms with Crippen molar-refractivity contribution >= 4 is 39.8 Å². The normalized spacial score (nSPS) is 11.0. The lowest BCUT2D eigenvalue weighted by molar-refractivity contribution is 1.40. The highest BCUT2D eigenvalue weighted by Crippen LogP contribution is 2.36. The van der Waals surface area contributed by atoms with Crippen LogP contribution in [-0.4, -0.2) is 4.98 Å². The molecule has 0 unspecified atom stereocenters. The molecule has 25 heavy (non-hydrogen) atoms. The van der Waals surface area contributed by atoms with Crippen LogP contribution in [0.5, 0.6) is 0 Å². The van der Waals surface area contributed by atoms with Crippen molar-refractivity contribution in [1.29, 1.82) is 0 Å². The van der Waals surface area contributed by atoms with E-state index < -0.39 is 0 Å². The van der Waals surface area contributed by atoms with Crippen LogP contribution < -0.4 is 5.73 Å². The molecule has 0 bridgehead atoms. The van der Waals surface area contributed by atoms with Gasteiger partial charge in [-0.3, -0.25) is 0 Å². The highest BCUT2D eigenvalue weighted by Gasteiger charge is 2.12. The van der Waals surface area contributed by atoms with Crippen molar-refractivity contribution < 1.29 is 0 Å². The third-order valence-electron chi connectivity index (χ3n) is 4.12. The van der Waals surface area contributed by atoms with E-state index in [9.17, 15) is 0 Å². The smallest absolute Gasteiger partial charge is 0.0716 e. The Kier molecular flexibility index (Phi) is 4.08. The number of anilines is 1. The van der Waals surface area contributed by atoms with Gasteiger partial charge in [0.15, 0.2) is 0 Å². The van der Waals surface area contributed by atoms with Crippen LogP contribution in [0.25, 0.3) is 33.3 Å². The zero-order chi connectivity index (χ0) is 17.4. The average Bonchev–Trinajstić information content (AvgIpc) is 2.61. The lowest BCUT2D eigenvalue weighted by atomic mass is 9.98. The summed E-state index contributed by atoms with van der Waals surface area (Å²) in [6.45, 7) is 0. The van der Waals surface area contributed by atoms with Gasteiger partial charge < -0.3 is 5.73 Å². The molecule has 1 aromatic heterocycles. The first kappa shape index (κ1) is 15.9. The number of nitrogens with two attached hydrogens (primary N) is 1. The van der Waals surface area contributed by atoms with Crippen LogP contribution in [0.2, 0.25) is 10.0 Å². The third kappa shape index (κ3) is 3.07. The average molecular weight is 365 g/mol. The maximum Gasteiger partial charge on any atom is 0.0716 e. The number of hydrogen-bond donors (Lipinski definition) is 1. The summed E-state index contributed by atoms with van der Waals surface area (Å²) in [5, 5.41) is 2.32. The molecule has 2 N–H and O–H groups in total. The summed E-state index contributed by atoms with van der Waals surface area (Å²) in [4.78, 5) is 4.79. The number of benzene rings is 3. The van der Waals surface area contributed by atoms with Crippen LogP contribution in [0.3, 0.4) is 0 Å². The van der Waals surface area contributed by atoms with E-state index in [4.69, 9.17) is 33.9 Å². The Labute approximate surface area is 155 Å². The van der Waals surface area contributed by atoms with Crippen molar-refractivity contribution in [3.05, 3.63) is 82.8 Å². The first-order valence-corrected chi connectivity index (χ1v) is 8.58. The second-order valence-corrected chi connectivity index (χ2v) is 6.67. The summed E-state index contributed by atoms with van der Waals surface area (Å²) in [5.41, 5.74) is 11.3. The standard InChI is InChI=1S/C21H14Cl2N2/c22-14-8-9-20-18(11-14)17(16-6-1-2-7-19(16)23)12-21(25-20)13-4-3-5-15(24)10-13/h1-12H,24H2. The maximum atomic E-state index is 6.45. The Hall–Kier alpha value is -2.55. The SMILES string of the molecule is Nc1cccc(-c2cc(-c3ccccc3Cl)c3cc(Cl)ccc3n2)c1. The molecule has 0 amide bonds. The number of nitrogen functional groups attached to an aromatic ring is 1. The number of nitrogens with zero attached hydrogens (tertiary/aromatic N) is 1. The quantitative estimate of drug-likeness (QED) is 0.414. The van der Waals surface area contributed by atoms with Crippen LogP contribution in [-0.2, 0) is 0 Å². The molecule has 4 rings (SSSR count). The molecule has 3 aromatic carbocycles. The van der Waals surface area contributed by atoms with Crippen LogP contribution in [0.15, 0.2) is 72.8 Å². The molecule has 0 saturated carbocycles. The van der Waals surface area contributed by atoms with Gasteiger partial charge in [0.1, 0.15) is 0 Å². The highest BCUT2D eigenvalue weighted by molar-refractivity contribution is 6.34. The van der Waals surface area contributed by atoms with Gasteiger partial charge in [0.25, 0.3) is 0 Å². The minimum absolute atomic E-state index is 0.666. The van der Waals surface area contributed by atoms with Gasteiger partial charge in [0.05, 0.1) is 11.2 Å². The van der Waals surface area contributed by atoms with E-state index in [-0.39, 0.29) is 0 Å². The number of pyridine rings is 1. The van der Waals surface area contributed by atoms with Gasteiger partial charge >= 0.3 is 0 Å². The molecule has 2 nitrogen and oxygen atoms in total. The summed E-state index contributed by atoms with van der Waals surface area (Å²) in [6, 6.07) is 23.2. The zero-order valence-electron chi connectivity index (χ0n) is 13.2. The number of halogens is 2. The van der Waals surface area contributed by atoms with Crippen LogP contribution in [0, 0.1) is 0 Å². The van der Waals surface area contributed by atoms with Crippen molar-refractivity contribution in [3.63, 3.8) is 0 Å². The number of hydrogen-bond acceptors (Lipinski definition) is 2. The summed E-state index contributed by atoms with van der Waals surface area (Å²) in [6.07, 6.45) is 0. The van der Waals surface area contributed by atoms with E-state index >= 15 is 0 Å². The molecule has 0 fully saturated rings. The summed E-state index contributed by atoms with van der Waals surface area (Å²) < 4.78 is 0. The fourth-order valence-electron chi connectivity index (χ4n) is 2.95. The van der Waals surface area contributed by atoms with Gasteiger partial charge in [-0.05, 0) is 48.0 Å². The van der Waals surface area contributed by atoms with Gasteiger partial charge in [-0.25, -0.2) is 4.98 Å². The van der Waals surface area contributed by atoms with Crippen molar-refractivity contribution in [1.82, 2.24) is 4.98 Å². The van der Waals surface area contributed by atoms with Crippen LogP contribution in [0.4, 0.5) is 5.69 Å². The summed E-state index contributed by atoms with van der Waals surface area (Å²) in [7, 11) is 0. The zero-order valence-corrected chi connectivity index (χ0v) is 14.7. The van der Waals surface area contributed by atoms with E-state index in [1.165, 1.54) is 0 Å². The number of rotatable bonds is 2. The molecule has 4 heteroatoms. The fraction of sp³-hybridized carbons (Fsp3) is 0. The molecule has 0 aliphatic carbocycles. The Balaban J connectivity index is 2.05. The third-order valence-corrected chi connectivity index (χ3v) is 4.68. The van der Waals surface area contributed by atoms with Gasteiger partial charge in [-0.1, -0.05) is 53.5 Å². The summed E-state index contributed by atoms with van der Waals surface area (Å²) in [5.74, 6) is 0. The Morgan fingerprint density at radius 2 is 1.60 bits per heavy atom. The predicted octanol–water partition coefficient (Wildman–Crippen LogP) is 6.46. The lowest BCUT2D eigenvalue weighted by Crippen LogP contribution is -1.92. The lowest BCUT2D eigenvalue weighted by Gasteiger charge is -2.12. The molecule has 0 radical (unpaired) electrons. The van der Waals surface area contributed by atoms with Crippen molar-refractivity contribution in [2.45, 2.75) is 0 Å². The molecule has 122 valence electrons. The van der Waals surface area contributed by atoms with Crippen molar-refractivity contribution in [2.24, 2.45) is 0 Å². The second kappa shape index (κ2) is 6.40. The minimum atomic E-state index is 0.666. The van der Waals surface area contributed by atoms with E-state index in [1.807, 2.05) is 72.8 Å². The molecule has 0 atom stereocenters. The largest absolute Gasteiger partial charge is 0.399 e. The second-order valence-electron chi connectivity index (χ2n) is 5.82. The van der Waals surface area contributed by atoms with E-state index in [0.717, 1.165) is 33.3 Å².